The molecule has 44 heavy (non-hydrogen) atoms. The predicted molar refractivity (Wildman–Crippen MR) is 186 cm³/mol. The monoisotopic (exact) mass is 616 g/mol. The van der Waals surface area contributed by atoms with Crippen molar-refractivity contribution in [2.75, 3.05) is 13.2 Å². The maximum absolute atomic E-state index is 6.28. The molecule has 0 atom stereocenters. The van der Waals surface area contributed by atoms with Crippen LogP contribution in [0.1, 0.15) is 39.5 Å². The first-order valence-corrected chi connectivity index (χ1v) is 17.0. The van der Waals surface area contributed by atoms with Crippen LogP contribution in [0.3, 0.4) is 0 Å². The second-order valence-corrected chi connectivity index (χ2v) is 12.6. The second-order valence-electron chi connectivity index (χ2n) is 10.6. The molecular weight excluding hydrogens is 581 g/mol. The fourth-order valence-electron chi connectivity index (χ4n) is 4.85. The smallest absolute Gasteiger partial charge is 0.235 e. The summed E-state index contributed by atoms with van der Waals surface area (Å²) in [6.45, 7) is 5.60. The van der Waals surface area contributed by atoms with Crippen molar-refractivity contribution >= 4 is 22.7 Å². The first-order valence-electron chi connectivity index (χ1n) is 15.3. The van der Waals surface area contributed by atoms with Gasteiger partial charge >= 0.3 is 0 Å². The first-order chi connectivity index (χ1) is 21.7. The lowest BCUT2D eigenvalue weighted by Gasteiger charge is -2.06. The Morgan fingerprint density at radius 1 is 0.455 bits per heavy atom. The Kier molecular flexibility index (Phi) is 9.80. The van der Waals surface area contributed by atoms with E-state index in [-0.39, 0.29) is 0 Å². The molecule has 4 aromatic carbocycles. The van der Waals surface area contributed by atoms with Crippen LogP contribution < -0.4 is 9.47 Å². The number of rotatable bonds is 13. The molecular formula is C38H36N2O2S2. The van der Waals surface area contributed by atoms with Crippen LogP contribution in [0.4, 0.5) is 0 Å². The van der Waals surface area contributed by atoms with Gasteiger partial charge in [0, 0.05) is 5.56 Å². The summed E-state index contributed by atoms with van der Waals surface area (Å²) >= 11 is 3.27. The van der Waals surface area contributed by atoms with Gasteiger partial charge in [-0.1, -0.05) is 136 Å². The van der Waals surface area contributed by atoms with Gasteiger partial charge in [0.1, 0.15) is 14.9 Å². The highest BCUT2D eigenvalue weighted by molar-refractivity contribution is 7.25. The van der Waals surface area contributed by atoms with Crippen LogP contribution >= 0.6 is 22.7 Å². The van der Waals surface area contributed by atoms with E-state index in [1.54, 1.807) is 22.7 Å². The molecule has 0 unspecified atom stereocenters. The molecule has 0 N–H and O–H groups in total. The normalized spacial score (nSPS) is 11.0. The molecule has 6 heteroatoms. The molecule has 6 aromatic rings. The van der Waals surface area contributed by atoms with E-state index in [2.05, 4.69) is 111 Å². The highest BCUT2D eigenvalue weighted by atomic mass is 32.1. The number of nitrogens with zero attached hydrogens (tertiary/aromatic N) is 2. The van der Waals surface area contributed by atoms with Crippen LogP contribution in [0.5, 0.6) is 11.8 Å². The molecule has 0 radical (unpaired) electrons. The number of hydrogen-bond donors (Lipinski definition) is 0. The quantitative estimate of drug-likeness (QED) is 0.121. The summed E-state index contributed by atoms with van der Waals surface area (Å²) in [7, 11) is 0. The molecule has 2 heterocycles. The average molecular weight is 617 g/mol. The molecule has 0 bridgehead atoms. The zero-order chi connectivity index (χ0) is 30.1. The van der Waals surface area contributed by atoms with Gasteiger partial charge in [0.15, 0.2) is 0 Å². The Bertz CT molecular complexity index is 1760. The number of thiazole rings is 2. The van der Waals surface area contributed by atoms with Crippen LogP contribution in [-0.2, 0) is 0 Å². The van der Waals surface area contributed by atoms with Gasteiger partial charge < -0.3 is 9.47 Å². The fourth-order valence-corrected chi connectivity index (χ4v) is 6.95. The van der Waals surface area contributed by atoms with Crippen LogP contribution in [-0.4, -0.2) is 23.2 Å². The maximum Gasteiger partial charge on any atom is 0.235 e. The van der Waals surface area contributed by atoms with E-state index in [0.717, 1.165) is 56.6 Å². The predicted octanol–water partition coefficient (Wildman–Crippen LogP) is 11.3. The molecule has 222 valence electrons. The van der Waals surface area contributed by atoms with E-state index in [1.165, 1.54) is 22.3 Å². The third-order valence-electron chi connectivity index (χ3n) is 7.35. The summed E-state index contributed by atoms with van der Waals surface area (Å²) < 4.78 is 12.5. The lowest BCUT2D eigenvalue weighted by atomic mass is 10.0. The lowest BCUT2D eigenvalue weighted by molar-refractivity contribution is 0.299. The summed E-state index contributed by atoms with van der Waals surface area (Å²) in [6.07, 6.45) is 4.08. The van der Waals surface area contributed by atoms with Gasteiger partial charge in [-0.3, -0.25) is 0 Å². The van der Waals surface area contributed by atoms with E-state index in [4.69, 9.17) is 19.4 Å². The molecule has 2 aromatic heterocycles. The number of hydrogen-bond acceptors (Lipinski definition) is 6. The minimum absolute atomic E-state index is 0.624. The van der Waals surface area contributed by atoms with Gasteiger partial charge in [0.25, 0.3) is 0 Å². The van der Waals surface area contributed by atoms with E-state index in [9.17, 15) is 0 Å². The Balaban J connectivity index is 1.35. The van der Waals surface area contributed by atoms with Crippen molar-refractivity contribution in [3.05, 3.63) is 109 Å². The Hall–Kier alpha value is -4.26. The third kappa shape index (κ3) is 6.93. The zero-order valence-corrected chi connectivity index (χ0v) is 26.8. The van der Waals surface area contributed by atoms with Crippen molar-refractivity contribution in [3.63, 3.8) is 0 Å². The summed E-state index contributed by atoms with van der Waals surface area (Å²) in [5, 5.41) is 1.79. The average Bonchev–Trinajstić information content (AvgIpc) is 3.71. The molecule has 0 amide bonds. The highest BCUT2D eigenvalue weighted by Crippen LogP contribution is 2.47. The first kappa shape index (κ1) is 29.8. The van der Waals surface area contributed by atoms with E-state index in [0.29, 0.717) is 25.0 Å². The topological polar surface area (TPSA) is 44.2 Å². The minimum Gasteiger partial charge on any atom is -0.477 e. The zero-order valence-electron chi connectivity index (χ0n) is 25.2. The number of ether oxygens (including phenoxy) is 2. The van der Waals surface area contributed by atoms with Crippen molar-refractivity contribution in [1.29, 1.82) is 0 Å². The molecule has 0 fully saturated rings. The number of aromatic nitrogens is 2. The van der Waals surface area contributed by atoms with Gasteiger partial charge in [-0.05, 0) is 40.7 Å². The molecule has 0 saturated heterocycles. The third-order valence-corrected chi connectivity index (χ3v) is 9.68. The van der Waals surface area contributed by atoms with Crippen LogP contribution in [0.25, 0.3) is 53.2 Å². The molecule has 4 nitrogen and oxygen atoms in total. The lowest BCUT2D eigenvalue weighted by Crippen LogP contribution is -1.98. The van der Waals surface area contributed by atoms with Gasteiger partial charge in [0.05, 0.1) is 18.1 Å². The SMILES string of the molecule is CCCCOc1nc(-c2sc(-c3ccc(-c4ccccc4)cc3)nc2OCCCC)sc1-c1ccc(-c2ccccc2)cc1. The van der Waals surface area contributed by atoms with E-state index < -0.39 is 0 Å². The maximum atomic E-state index is 6.28. The van der Waals surface area contributed by atoms with Crippen molar-refractivity contribution in [2.24, 2.45) is 0 Å². The van der Waals surface area contributed by atoms with Gasteiger partial charge in [-0.15, -0.1) is 22.7 Å². The largest absolute Gasteiger partial charge is 0.477 e. The second kappa shape index (κ2) is 14.5. The fraction of sp³-hybridized carbons (Fsp3) is 0.211. The van der Waals surface area contributed by atoms with Crippen LogP contribution in [0.2, 0.25) is 0 Å². The highest BCUT2D eigenvalue weighted by Gasteiger charge is 2.23. The van der Waals surface area contributed by atoms with E-state index in [1.807, 2.05) is 12.1 Å². The number of benzene rings is 4. The Morgan fingerprint density at radius 3 is 1.39 bits per heavy atom. The summed E-state index contributed by atoms with van der Waals surface area (Å²) in [4.78, 5) is 12.0. The summed E-state index contributed by atoms with van der Waals surface area (Å²) in [5.74, 6) is 1.32. The molecule has 0 spiro atoms. The molecule has 0 saturated carbocycles. The van der Waals surface area contributed by atoms with Crippen molar-refractivity contribution in [3.8, 4) is 64.9 Å². The van der Waals surface area contributed by atoms with E-state index >= 15 is 0 Å². The molecule has 0 aliphatic rings. The van der Waals surface area contributed by atoms with Crippen molar-refractivity contribution in [1.82, 2.24) is 9.97 Å². The van der Waals surface area contributed by atoms with Gasteiger partial charge in [0.2, 0.25) is 11.8 Å². The minimum atomic E-state index is 0.624. The Morgan fingerprint density at radius 2 is 0.864 bits per heavy atom. The molecule has 0 aliphatic heterocycles. The van der Waals surface area contributed by atoms with Gasteiger partial charge in [-0.2, -0.15) is 0 Å². The van der Waals surface area contributed by atoms with Crippen molar-refractivity contribution < 1.29 is 9.47 Å². The Labute approximate surface area is 268 Å². The van der Waals surface area contributed by atoms with Crippen molar-refractivity contribution in [2.45, 2.75) is 39.5 Å². The number of unbranched alkanes of at least 4 members (excludes halogenated alkanes) is 2. The van der Waals surface area contributed by atoms with Gasteiger partial charge in [-0.25, -0.2) is 9.97 Å². The molecule has 6 rings (SSSR count). The standard InChI is InChI=1S/C38H36N2O2S2/c1-3-5-25-41-35-33(31-21-17-29(18-22-31)27-13-9-7-10-14-27)43-38(40-35)34-36(42-26-6-4-2)39-37(44-34)32-23-19-30(20-24-32)28-15-11-8-12-16-28/h7-24H,3-6,25-26H2,1-2H3. The van der Waals surface area contributed by atoms with Crippen LogP contribution in [0, 0.1) is 0 Å². The summed E-state index contributed by atoms with van der Waals surface area (Å²) in [6, 6.07) is 38.1. The van der Waals surface area contributed by atoms with Crippen LogP contribution in [0.15, 0.2) is 109 Å². The molecule has 0 aliphatic carbocycles. The summed E-state index contributed by atoms with van der Waals surface area (Å²) in [5.41, 5.74) is 6.92.